The van der Waals surface area contributed by atoms with E-state index < -0.39 is 0 Å². The quantitative estimate of drug-likeness (QED) is 0.530. The minimum absolute atomic E-state index is 0.583. The summed E-state index contributed by atoms with van der Waals surface area (Å²) in [6.45, 7) is 9.42. The zero-order valence-electron chi connectivity index (χ0n) is 8.22. The van der Waals surface area contributed by atoms with Crippen molar-refractivity contribution in [3.63, 3.8) is 0 Å². The first-order chi connectivity index (χ1) is 5.09. The van der Waals surface area contributed by atoms with Crippen molar-refractivity contribution in [2.24, 2.45) is 17.3 Å². The van der Waals surface area contributed by atoms with Crippen molar-refractivity contribution in [1.29, 1.82) is 0 Å². The van der Waals surface area contributed by atoms with Crippen molar-refractivity contribution in [3.8, 4) is 0 Å². The van der Waals surface area contributed by atoms with Gasteiger partial charge in [-0.25, -0.2) is 0 Å². The molecule has 0 radical (unpaired) electrons. The fraction of sp³-hybridized carbons (Fsp3) is 0.818. The Morgan fingerprint density at radius 3 is 1.45 bits per heavy atom. The number of hydrogen-bond donors (Lipinski definition) is 0. The van der Waals surface area contributed by atoms with Gasteiger partial charge in [0.15, 0.2) is 0 Å². The van der Waals surface area contributed by atoms with Crippen LogP contribution in [0.25, 0.3) is 0 Å². The van der Waals surface area contributed by atoms with Gasteiger partial charge in [0.1, 0.15) is 0 Å². The molecule has 1 aliphatic rings. The summed E-state index contributed by atoms with van der Waals surface area (Å²) in [4.78, 5) is 0. The monoisotopic (exact) mass is 152 g/mol. The fourth-order valence-corrected chi connectivity index (χ4v) is 2.30. The van der Waals surface area contributed by atoms with Crippen LogP contribution in [-0.4, -0.2) is 0 Å². The smallest absolute Gasteiger partial charge is 0.0182 e. The van der Waals surface area contributed by atoms with Gasteiger partial charge < -0.3 is 0 Å². The zero-order chi connectivity index (χ0) is 8.48. The first-order valence-corrected chi connectivity index (χ1v) is 4.74. The summed E-state index contributed by atoms with van der Waals surface area (Å²) in [7, 11) is 0. The number of hydrogen-bond acceptors (Lipinski definition) is 0. The molecular weight excluding hydrogens is 132 g/mol. The molecule has 0 heterocycles. The maximum Gasteiger partial charge on any atom is -0.0182 e. The third-order valence-corrected chi connectivity index (χ3v) is 3.46. The lowest BCUT2D eigenvalue weighted by molar-refractivity contribution is 0.129. The highest BCUT2D eigenvalue weighted by molar-refractivity contribution is 5.05. The van der Waals surface area contributed by atoms with Gasteiger partial charge in [-0.1, -0.05) is 39.8 Å². The Labute approximate surface area is 70.7 Å². The molecule has 64 valence electrons. The Bertz CT molecular complexity index is 133. The molecule has 11 heavy (non-hydrogen) atoms. The molecule has 0 saturated heterocycles. The summed E-state index contributed by atoms with van der Waals surface area (Å²) >= 11 is 0. The van der Waals surface area contributed by atoms with Gasteiger partial charge in [0.05, 0.1) is 0 Å². The normalized spacial score (nSPS) is 22.0. The summed E-state index contributed by atoms with van der Waals surface area (Å²) in [6.07, 6.45) is 7.28. The lowest BCUT2D eigenvalue weighted by Crippen LogP contribution is -2.29. The van der Waals surface area contributed by atoms with Gasteiger partial charge in [-0.05, 0) is 30.1 Å². The third kappa shape index (κ3) is 1.36. The summed E-state index contributed by atoms with van der Waals surface area (Å²) < 4.78 is 0. The van der Waals surface area contributed by atoms with Crippen molar-refractivity contribution < 1.29 is 0 Å². The Morgan fingerprint density at radius 2 is 1.27 bits per heavy atom. The van der Waals surface area contributed by atoms with Crippen LogP contribution in [0.5, 0.6) is 0 Å². The average molecular weight is 152 g/mol. The zero-order valence-corrected chi connectivity index (χ0v) is 8.22. The van der Waals surface area contributed by atoms with Crippen LogP contribution in [0.2, 0.25) is 0 Å². The Hall–Kier alpha value is -0.260. The van der Waals surface area contributed by atoms with Gasteiger partial charge in [0.2, 0.25) is 0 Å². The molecule has 0 atom stereocenters. The Balaban J connectivity index is 2.73. The molecule has 0 amide bonds. The molecule has 0 bridgehead atoms. The molecule has 0 aliphatic heterocycles. The van der Waals surface area contributed by atoms with Gasteiger partial charge >= 0.3 is 0 Å². The van der Waals surface area contributed by atoms with E-state index in [4.69, 9.17) is 0 Å². The molecule has 0 nitrogen and oxygen atoms in total. The van der Waals surface area contributed by atoms with E-state index in [1.807, 2.05) is 0 Å². The molecule has 0 fully saturated rings. The van der Waals surface area contributed by atoms with E-state index in [9.17, 15) is 0 Å². The maximum atomic E-state index is 2.35. The summed E-state index contributed by atoms with van der Waals surface area (Å²) in [5.74, 6) is 1.63. The minimum Gasteiger partial charge on any atom is -0.0879 e. The number of allylic oxidation sites excluding steroid dienone is 2. The van der Waals surface area contributed by atoms with Crippen LogP contribution >= 0.6 is 0 Å². The van der Waals surface area contributed by atoms with E-state index in [1.54, 1.807) is 0 Å². The molecule has 0 N–H and O–H groups in total. The lowest BCUT2D eigenvalue weighted by Gasteiger charge is -2.37. The van der Waals surface area contributed by atoms with Crippen LogP contribution in [0.1, 0.15) is 40.5 Å². The average Bonchev–Trinajstić information content (AvgIpc) is 2.34. The fourth-order valence-electron chi connectivity index (χ4n) is 2.30. The minimum atomic E-state index is 0.583. The second-order valence-corrected chi connectivity index (χ2v) is 4.42. The topological polar surface area (TPSA) is 0 Å². The molecule has 0 aromatic rings. The largest absolute Gasteiger partial charge is 0.0879 e. The van der Waals surface area contributed by atoms with Crippen molar-refractivity contribution in [3.05, 3.63) is 12.2 Å². The van der Waals surface area contributed by atoms with Gasteiger partial charge in [-0.2, -0.15) is 0 Å². The standard InChI is InChI=1S/C11H20/c1-9(2)11(10(3)4)7-5-6-8-11/h5-6,9-10H,7-8H2,1-4H3. The van der Waals surface area contributed by atoms with Crippen LogP contribution < -0.4 is 0 Å². The van der Waals surface area contributed by atoms with E-state index in [0.29, 0.717) is 5.41 Å². The second-order valence-electron chi connectivity index (χ2n) is 4.42. The first-order valence-electron chi connectivity index (χ1n) is 4.74. The van der Waals surface area contributed by atoms with E-state index in [0.717, 1.165) is 11.8 Å². The van der Waals surface area contributed by atoms with Crippen LogP contribution in [0, 0.1) is 17.3 Å². The molecule has 1 aliphatic carbocycles. The number of rotatable bonds is 2. The highest BCUT2D eigenvalue weighted by Crippen LogP contribution is 2.46. The highest BCUT2D eigenvalue weighted by Gasteiger charge is 2.36. The molecule has 0 aromatic heterocycles. The van der Waals surface area contributed by atoms with Gasteiger partial charge in [-0.3, -0.25) is 0 Å². The second kappa shape index (κ2) is 3.00. The van der Waals surface area contributed by atoms with E-state index in [-0.39, 0.29) is 0 Å². The van der Waals surface area contributed by atoms with Crippen molar-refractivity contribution >= 4 is 0 Å². The van der Waals surface area contributed by atoms with Crippen LogP contribution in [0.4, 0.5) is 0 Å². The van der Waals surface area contributed by atoms with E-state index >= 15 is 0 Å². The Morgan fingerprint density at radius 1 is 0.909 bits per heavy atom. The third-order valence-electron chi connectivity index (χ3n) is 3.46. The molecule has 1 rings (SSSR count). The predicted molar refractivity (Wildman–Crippen MR) is 50.5 cm³/mol. The van der Waals surface area contributed by atoms with E-state index in [2.05, 4.69) is 39.8 Å². The SMILES string of the molecule is CC(C)C1(C(C)C)CC=CC1. The molecule has 0 aromatic carbocycles. The molecule has 0 spiro atoms. The summed E-state index contributed by atoms with van der Waals surface area (Å²) in [5.41, 5.74) is 0.583. The van der Waals surface area contributed by atoms with Crippen LogP contribution in [0.3, 0.4) is 0 Å². The highest BCUT2D eigenvalue weighted by atomic mass is 14.4. The molecule has 0 heteroatoms. The molecular formula is C11H20. The predicted octanol–water partition coefficient (Wildman–Crippen LogP) is 3.63. The Kier molecular flexibility index (Phi) is 2.41. The lowest BCUT2D eigenvalue weighted by atomic mass is 9.67. The summed E-state index contributed by atoms with van der Waals surface area (Å²) in [6, 6.07) is 0. The van der Waals surface area contributed by atoms with Gasteiger partial charge in [0.25, 0.3) is 0 Å². The van der Waals surface area contributed by atoms with Crippen molar-refractivity contribution in [2.45, 2.75) is 40.5 Å². The molecule has 0 unspecified atom stereocenters. The van der Waals surface area contributed by atoms with Crippen LogP contribution in [0.15, 0.2) is 12.2 Å². The molecule has 0 saturated carbocycles. The van der Waals surface area contributed by atoms with Gasteiger partial charge in [0, 0.05) is 0 Å². The van der Waals surface area contributed by atoms with Gasteiger partial charge in [-0.15, -0.1) is 0 Å². The van der Waals surface area contributed by atoms with E-state index in [1.165, 1.54) is 12.8 Å². The van der Waals surface area contributed by atoms with Crippen molar-refractivity contribution in [2.75, 3.05) is 0 Å². The first kappa shape index (κ1) is 8.83. The maximum absolute atomic E-state index is 2.35. The van der Waals surface area contributed by atoms with Crippen LogP contribution in [-0.2, 0) is 0 Å². The summed E-state index contributed by atoms with van der Waals surface area (Å²) in [5, 5.41) is 0. The van der Waals surface area contributed by atoms with Crippen molar-refractivity contribution in [1.82, 2.24) is 0 Å².